The standard InChI is InChI=1S/C17H25N3O3S/c1-12-16(24-11-18-12)17(22)19-8-6-14-13(10-19)4-5-15(21)20(14)7-3-9-23-2/h11,13-14H,3-10H2,1-2H3/t13-,14+/m0/s1. The van der Waals surface area contributed by atoms with Crippen molar-refractivity contribution in [2.75, 3.05) is 33.4 Å². The quantitative estimate of drug-likeness (QED) is 0.761. The smallest absolute Gasteiger partial charge is 0.265 e. The van der Waals surface area contributed by atoms with E-state index in [1.165, 1.54) is 11.3 Å². The number of methoxy groups -OCH3 is 1. The van der Waals surface area contributed by atoms with E-state index in [-0.39, 0.29) is 17.9 Å². The molecule has 7 heteroatoms. The third-order valence-corrected chi connectivity index (χ3v) is 6.03. The number of rotatable bonds is 5. The van der Waals surface area contributed by atoms with Crippen LogP contribution < -0.4 is 0 Å². The molecule has 2 amide bonds. The number of fused-ring (bicyclic) bond motifs is 1. The summed E-state index contributed by atoms with van der Waals surface area (Å²) < 4.78 is 5.11. The Morgan fingerprint density at radius 2 is 2.29 bits per heavy atom. The molecule has 0 spiro atoms. The lowest BCUT2D eigenvalue weighted by Crippen LogP contribution is -2.57. The van der Waals surface area contributed by atoms with E-state index in [2.05, 4.69) is 4.98 Å². The van der Waals surface area contributed by atoms with Gasteiger partial charge in [0.2, 0.25) is 5.91 Å². The van der Waals surface area contributed by atoms with E-state index in [9.17, 15) is 9.59 Å². The van der Waals surface area contributed by atoms with Gasteiger partial charge in [-0.15, -0.1) is 11.3 Å². The molecule has 0 aromatic carbocycles. The number of piperidine rings is 2. The Morgan fingerprint density at radius 3 is 3.00 bits per heavy atom. The second-order valence-corrected chi connectivity index (χ2v) is 7.46. The fourth-order valence-electron chi connectivity index (χ4n) is 3.86. The maximum Gasteiger partial charge on any atom is 0.265 e. The molecule has 0 bridgehead atoms. The van der Waals surface area contributed by atoms with Crippen LogP contribution in [0.4, 0.5) is 0 Å². The summed E-state index contributed by atoms with van der Waals surface area (Å²) in [7, 11) is 1.69. The van der Waals surface area contributed by atoms with E-state index in [0.29, 0.717) is 25.5 Å². The number of likely N-dealkylation sites (tertiary alicyclic amines) is 2. The molecule has 1 aromatic rings. The highest BCUT2D eigenvalue weighted by atomic mass is 32.1. The van der Waals surface area contributed by atoms with Crippen LogP contribution in [-0.4, -0.2) is 66.0 Å². The molecule has 2 saturated heterocycles. The second kappa shape index (κ2) is 7.61. The van der Waals surface area contributed by atoms with Crippen LogP contribution in [0.15, 0.2) is 5.51 Å². The van der Waals surface area contributed by atoms with Gasteiger partial charge in [-0.3, -0.25) is 9.59 Å². The van der Waals surface area contributed by atoms with E-state index in [0.717, 1.165) is 42.9 Å². The topological polar surface area (TPSA) is 62.7 Å². The van der Waals surface area contributed by atoms with Gasteiger partial charge < -0.3 is 14.5 Å². The van der Waals surface area contributed by atoms with Crippen molar-refractivity contribution in [3.05, 3.63) is 16.1 Å². The molecular weight excluding hydrogens is 326 g/mol. The highest BCUT2D eigenvalue weighted by Gasteiger charge is 2.40. The lowest BCUT2D eigenvalue weighted by molar-refractivity contribution is -0.140. The molecule has 24 heavy (non-hydrogen) atoms. The number of carbonyl (C=O) groups is 2. The maximum absolute atomic E-state index is 12.7. The molecule has 0 aliphatic carbocycles. The van der Waals surface area contributed by atoms with Gasteiger partial charge in [0.1, 0.15) is 4.88 Å². The van der Waals surface area contributed by atoms with Crippen molar-refractivity contribution in [2.24, 2.45) is 5.92 Å². The van der Waals surface area contributed by atoms with Gasteiger partial charge in [-0.05, 0) is 32.1 Å². The third-order valence-electron chi connectivity index (χ3n) is 5.12. The van der Waals surface area contributed by atoms with Gasteiger partial charge in [-0.2, -0.15) is 0 Å². The molecule has 2 aliphatic rings. The third kappa shape index (κ3) is 3.47. The molecule has 1 aromatic heterocycles. The van der Waals surface area contributed by atoms with Crippen LogP contribution >= 0.6 is 11.3 Å². The van der Waals surface area contributed by atoms with Gasteiger partial charge in [0.25, 0.3) is 5.91 Å². The van der Waals surface area contributed by atoms with Crippen LogP contribution in [-0.2, 0) is 9.53 Å². The Hall–Kier alpha value is -1.47. The van der Waals surface area contributed by atoms with Crippen molar-refractivity contribution in [1.29, 1.82) is 0 Å². The number of thiazole rings is 1. The average Bonchev–Trinajstić information content (AvgIpc) is 3.02. The molecule has 0 radical (unpaired) electrons. The van der Waals surface area contributed by atoms with E-state index >= 15 is 0 Å². The van der Waals surface area contributed by atoms with Gasteiger partial charge in [0.15, 0.2) is 0 Å². The predicted molar refractivity (Wildman–Crippen MR) is 92.1 cm³/mol. The molecule has 3 heterocycles. The summed E-state index contributed by atoms with van der Waals surface area (Å²) in [6.45, 7) is 4.78. The lowest BCUT2D eigenvalue weighted by atomic mass is 9.83. The molecule has 2 atom stereocenters. The first-order valence-corrected chi connectivity index (χ1v) is 9.47. The SMILES string of the molecule is COCCCN1C(=O)CC[C@H]2CN(C(=O)c3scnc3C)CC[C@H]21. The number of nitrogens with zero attached hydrogens (tertiary/aromatic N) is 3. The zero-order chi connectivity index (χ0) is 17.1. The molecule has 0 unspecified atom stereocenters. The number of aryl methyl sites for hydroxylation is 1. The van der Waals surface area contributed by atoms with E-state index in [1.807, 2.05) is 16.7 Å². The normalized spacial score (nSPS) is 24.2. The van der Waals surface area contributed by atoms with Crippen molar-refractivity contribution in [1.82, 2.24) is 14.8 Å². The highest BCUT2D eigenvalue weighted by molar-refractivity contribution is 7.11. The minimum Gasteiger partial charge on any atom is -0.385 e. The van der Waals surface area contributed by atoms with Crippen molar-refractivity contribution in [3.63, 3.8) is 0 Å². The zero-order valence-corrected chi connectivity index (χ0v) is 15.2. The first kappa shape index (κ1) is 17.4. The van der Waals surface area contributed by atoms with Crippen molar-refractivity contribution in [3.8, 4) is 0 Å². The molecule has 2 fully saturated rings. The first-order chi connectivity index (χ1) is 11.6. The van der Waals surface area contributed by atoms with Crippen LogP contribution in [0.3, 0.4) is 0 Å². The first-order valence-electron chi connectivity index (χ1n) is 8.59. The number of amides is 2. The summed E-state index contributed by atoms with van der Waals surface area (Å²) in [6.07, 6.45) is 3.21. The number of carbonyl (C=O) groups excluding carboxylic acids is 2. The van der Waals surface area contributed by atoms with Crippen molar-refractivity contribution in [2.45, 2.75) is 38.6 Å². The fraction of sp³-hybridized carbons (Fsp3) is 0.706. The minimum atomic E-state index is 0.0938. The van der Waals surface area contributed by atoms with Gasteiger partial charge in [0, 0.05) is 45.8 Å². The monoisotopic (exact) mass is 351 g/mol. The van der Waals surface area contributed by atoms with Gasteiger partial charge in [-0.1, -0.05) is 0 Å². The largest absolute Gasteiger partial charge is 0.385 e. The molecule has 3 rings (SSSR count). The molecule has 2 aliphatic heterocycles. The van der Waals surface area contributed by atoms with E-state index in [1.54, 1.807) is 12.6 Å². The summed E-state index contributed by atoms with van der Waals surface area (Å²) >= 11 is 1.41. The molecule has 132 valence electrons. The Balaban J connectivity index is 1.65. The summed E-state index contributed by atoms with van der Waals surface area (Å²) in [5, 5.41) is 0. The number of ether oxygens (including phenoxy) is 1. The predicted octanol–water partition coefficient (Wildman–Crippen LogP) is 1.94. The molecule has 0 N–H and O–H groups in total. The number of aromatic nitrogens is 1. The van der Waals surface area contributed by atoms with Crippen LogP contribution in [0, 0.1) is 12.8 Å². The lowest BCUT2D eigenvalue weighted by Gasteiger charge is -2.47. The van der Waals surface area contributed by atoms with E-state index < -0.39 is 0 Å². The van der Waals surface area contributed by atoms with Crippen LogP contribution in [0.25, 0.3) is 0 Å². The summed E-state index contributed by atoms with van der Waals surface area (Å²) in [5.41, 5.74) is 2.54. The average molecular weight is 351 g/mol. The summed E-state index contributed by atoms with van der Waals surface area (Å²) in [5.74, 6) is 0.734. The summed E-state index contributed by atoms with van der Waals surface area (Å²) in [4.78, 5) is 33.9. The van der Waals surface area contributed by atoms with Crippen molar-refractivity contribution >= 4 is 23.2 Å². The van der Waals surface area contributed by atoms with Gasteiger partial charge in [0.05, 0.1) is 11.2 Å². The zero-order valence-electron chi connectivity index (χ0n) is 14.4. The fourth-order valence-corrected chi connectivity index (χ4v) is 4.63. The Labute approximate surface area is 146 Å². The highest BCUT2D eigenvalue weighted by Crippen LogP contribution is 2.32. The van der Waals surface area contributed by atoms with Crippen LogP contribution in [0.1, 0.15) is 41.0 Å². The van der Waals surface area contributed by atoms with E-state index in [4.69, 9.17) is 4.74 Å². The summed E-state index contributed by atoms with van der Waals surface area (Å²) in [6, 6.07) is 0.273. The molecule has 6 nitrogen and oxygen atoms in total. The minimum absolute atomic E-state index is 0.0938. The number of hydrogen-bond donors (Lipinski definition) is 0. The molecular formula is C17H25N3O3S. The van der Waals surface area contributed by atoms with Crippen molar-refractivity contribution < 1.29 is 14.3 Å². The van der Waals surface area contributed by atoms with Crippen LogP contribution in [0.2, 0.25) is 0 Å². The molecule has 0 saturated carbocycles. The Kier molecular flexibility index (Phi) is 5.50. The Bertz CT molecular complexity index is 604. The second-order valence-electron chi connectivity index (χ2n) is 6.61. The Morgan fingerprint density at radius 1 is 1.46 bits per heavy atom. The van der Waals surface area contributed by atoms with Gasteiger partial charge >= 0.3 is 0 Å². The van der Waals surface area contributed by atoms with Crippen LogP contribution in [0.5, 0.6) is 0 Å². The van der Waals surface area contributed by atoms with Gasteiger partial charge in [-0.25, -0.2) is 4.98 Å². The number of hydrogen-bond acceptors (Lipinski definition) is 5. The maximum atomic E-state index is 12.7.